The van der Waals surface area contributed by atoms with Gasteiger partial charge in [-0.3, -0.25) is 4.90 Å². The largest absolute Gasteiger partial charge is 0.384 e. The summed E-state index contributed by atoms with van der Waals surface area (Å²) in [6.07, 6.45) is 0.709. The first kappa shape index (κ1) is 13.4. The van der Waals surface area contributed by atoms with Gasteiger partial charge in [-0.25, -0.2) is 0 Å². The second kappa shape index (κ2) is 6.21. The van der Waals surface area contributed by atoms with E-state index in [1.54, 1.807) is 0 Å². The van der Waals surface area contributed by atoms with Crippen molar-refractivity contribution in [1.82, 2.24) is 4.90 Å². The molecular formula is C15H24N2O. The number of anilines is 1. The fourth-order valence-corrected chi connectivity index (χ4v) is 2.58. The molecule has 0 amide bonds. The second-order valence-electron chi connectivity index (χ2n) is 5.31. The Morgan fingerprint density at radius 2 is 2.00 bits per heavy atom. The predicted molar refractivity (Wildman–Crippen MR) is 76.1 cm³/mol. The van der Waals surface area contributed by atoms with Gasteiger partial charge in [0.15, 0.2) is 0 Å². The average Bonchev–Trinajstić information content (AvgIpc) is 2.27. The maximum absolute atomic E-state index is 5.73. The van der Waals surface area contributed by atoms with E-state index in [-0.39, 0.29) is 0 Å². The van der Waals surface area contributed by atoms with Crippen molar-refractivity contribution in [2.24, 2.45) is 0 Å². The number of nitrogens with zero attached hydrogens (tertiary/aromatic N) is 1. The van der Waals surface area contributed by atoms with E-state index in [1.165, 1.54) is 11.3 Å². The van der Waals surface area contributed by atoms with Gasteiger partial charge in [0.1, 0.15) is 0 Å². The van der Waals surface area contributed by atoms with E-state index in [0.29, 0.717) is 12.2 Å². The standard InChI is InChI=1S/C15H24N2O/c1-12-5-4-6-15(9-12)16-7-8-17-10-13(2)18-14(3)11-17/h4-6,9,13-14,16H,7-8,10-11H2,1-3H3/t13-,14+. The van der Waals surface area contributed by atoms with Crippen LogP contribution in [0, 0.1) is 6.92 Å². The molecule has 18 heavy (non-hydrogen) atoms. The van der Waals surface area contributed by atoms with Gasteiger partial charge in [0.25, 0.3) is 0 Å². The molecule has 0 aliphatic carbocycles. The molecule has 1 fully saturated rings. The predicted octanol–water partition coefficient (Wildman–Crippen LogP) is 2.52. The van der Waals surface area contributed by atoms with Crippen LogP contribution < -0.4 is 5.32 Å². The van der Waals surface area contributed by atoms with Gasteiger partial charge < -0.3 is 10.1 Å². The summed E-state index contributed by atoms with van der Waals surface area (Å²) in [6.45, 7) is 10.6. The minimum absolute atomic E-state index is 0.354. The van der Waals surface area contributed by atoms with E-state index in [0.717, 1.165) is 26.2 Å². The Morgan fingerprint density at radius 1 is 1.28 bits per heavy atom. The molecule has 0 spiro atoms. The Kier molecular flexibility index (Phi) is 4.61. The zero-order valence-corrected chi connectivity index (χ0v) is 11.6. The van der Waals surface area contributed by atoms with Crippen LogP contribution in [0.4, 0.5) is 5.69 Å². The van der Waals surface area contributed by atoms with Crippen LogP contribution in [-0.2, 0) is 4.74 Å². The molecule has 1 N–H and O–H groups in total. The lowest BCUT2D eigenvalue weighted by molar-refractivity contribution is -0.0667. The molecule has 2 rings (SSSR count). The fourth-order valence-electron chi connectivity index (χ4n) is 2.58. The number of aryl methyl sites for hydroxylation is 1. The summed E-state index contributed by atoms with van der Waals surface area (Å²) in [7, 11) is 0. The van der Waals surface area contributed by atoms with Crippen LogP contribution in [0.3, 0.4) is 0 Å². The quantitative estimate of drug-likeness (QED) is 0.886. The summed E-state index contributed by atoms with van der Waals surface area (Å²) in [6, 6.07) is 8.52. The third-order valence-corrected chi connectivity index (χ3v) is 3.27. The number of benzene rings is 1. The molecule has 1 aliphatic rings. The lowest BCUT2D eigenvalue weighted by atomic mass is 10.2. The van der Waals surface area contributed by atoms with Crippen molar-refractivity contribution >= 4 is 5.69 Å². The average molecular weight is 248 g/mol. The van der Waals surface area contributed by atoms with E-state index >= 15 is 0 Å². The van der Waals surface area contributed by atoms with E-state index in [9.17, 15) is 0 Å². The summed E-state index contributed by atoms with van der Waals surface area (Å²) in [5.41, 5.74) is 2.51. The number of rotatable bonds is 4. The molecule has 2 atom stereocenters. The van der Waals surface area contributed by atoms with Gasteiger partial charge in [0, 0.05) is 31.9 Å². The molecule has 3 heteroatoms. The Hall–Kier alpha value is -1.06. The molecule has 1 heterocycles. The van der Waals surface area contributed by atoms with E-state index in [4.69, 9.17) is 4.74 Å². The van der Waals surface area contributed by atoms with Crippen molar-refractivity contribution in [1.29, 1.82) is 0 Å². The fraction of sp³-hybridized carbons (Fsp3) is 0.600. The van der Waals surface area contributed by atoms with Crippen LogP contribution in [0.15, 0.2) is 24.3 Å². The highest BCUT2D eigenvalue weighted by atomic mass is 16.5. The maximum Gasteiger partial charge on any atom is 0.0678 e. The maximum atomic E-state index is 5.73. The van der Waals surface area contributed by atoms with Crippen molar-refractivity contribution in [3.8, 4) is 0 Å². The highest BCUT2D eigenvalue weighted by Gasteiger charge is 2.21. The van der Waals surface area contributed by atoms with Crippen molar-refractivity contribution in [2.75, 3.05) is 31.5 Å². The summed E-state index contributed by atoms with van der Waals surface area (Å²) in [5, 5.41) is 3.48. The van der Waals surface area contributed by atoms with Crippen LogP contribution in [-0.4, -0.2) is 43.3 Å². The van der Waals surface area contributed by atoms with Crippen LogP contribution in [0.25, 0.3) is 0 Å². The van der Waals surface area contributed by atoms with Crippen molar-refractivity contribution < 1.29 is 4.74 Å². The summed E-state index contributed by atoms with van der Waals surface area (Å²) >= 11 is 0. The van der Waals surface area contributed by atoms with E-state index in [1.807, 2.05) is 0 Å². The smallest absolute Gasteiger partial charge is 0.0678 e. The Balaban J connectivity index is 1.75. The van der Waals surface area contributed by atoms with Crippen LogP contribution in [0.1, 0.15) is 19.4 Å². The van der Waals surface area contributed by atoms with Crippen molar-refractivity contribution in [3.05, 3.63) is 29.8 Å². The second-order valence-corrected chi connectivity index (χ2v) is 5.31. The highest BCUT2D eigenvalue weighted by Crippen LogP contribution is 2.11. The van der Waals surface area contributed by atoms with Gasteiger partial charge in [0.2, 0.25) is 0 Å². The number of nitrogens with one attached hydrogen (secondary N) is 1. The number of ether oxygens (including phenoxy) is 1. The van der Waals surface area contributed by atoms with Crippen LogP contribution in [0.2, 0.25) is 0 Å². The summed E-state index contributed by atoms with van der Waals surface area (Å²) in [5.74, 6) is 0. The van der Waals surface area contributed by atoms with Crippen LogP contribution in [0.5, 0.6) is 0 Å². The molecule has 1 aromatic rings. The third kappa shape index (κ3) is 4.00. The van der Waals surface area contributed by atoms with E-state index < -0.39 is 0 Å². The SMILES string of the molecule is Cc1cccc(NCCN2C[C@@H](C)O[C@@H](C)C2)c1. The van der Waals surface area contributed by atoms with Crippen molar-refractivity contribution in [3.63, 3.8) is 0 Å². The summed E-state index contributed by atoms with van der Waals surface area (Å²) in [4.78, 5) is 2.47. The zero-order chi connectivity index (χ0) is 13.0. The molecule has 0 radical (unpaired) electrons. The minimum atomic E-state index is 0.354. The van der Waals surface area contributed by atoms with Crippen LogP contribution >= 0.6 is 0 Å². The number of hydrogen-bond acceptors (Lipinski definition) is 3. The first-order valence-electron chi connectivity index (χ1n) is 6.82. The molecule has 0 aromatic heterocycles. The molecule has 100 valence electrons. The summed E-state index contributed by atoms with van der Waals surface area (Å²) < 4.78 is 5.73. The lowest BCUT2D eigenvalue weighted by Gasteiger charge is -2.35. The number of morpholine rings is 1. The monoisotopic (exact) mass is 248 g/mol. The molecule has 1 saturated heterocycles. The third-order valence-electron chi connectivity index (χ3n) is 3.27. The minimum Gasteiger partial charge on any atom is -0.384 e. The topological polar surface area (TPSA) is 24.5 Å². The van der Waals surface area contributed by atoms with E-state index in [2.05, 4.69) is 55.3 Å². The van der Waals surface area contributed by atoms with Gasteiger partial charge in [0.05, 0.1) is 12.2 Å². The van der Waals surface area contributed by atoms with Gasteiger partial charge >= 0.3 is 0 Å². The highest BCUT2D eigenvalue weighted by molar-refractivity contribution is 5.45. The normalized spacial score (nSPS) is 25.1. The van der Waals surface area contributed by atoms with Gasteiger partial charge in [-0.15, -0.1) is 0 Å². The molecule has 3 nitrogen and oxygen atoms in total. The van der Waals surface area contributed by atoms with Gasteiger partial charge in [-0.2, -0.15) is 0 Å². The molecule has 0 unspecified atom stereocenters. The molecule has 0 bridgehead atoms. The first-order chi connectivity index (χ1) is 8.63. The zero-order valence-electron chi connectivity index (χ0n) is 11.6. The first-order valence-corrected chi connectivity index (χ1v) is 6.82. The molecule has 1 aromatic carbocycles. The van der Waals surface area contributed by atoms with Crippen molar-refractivity contribution in [2.45, 2.75) is 33.0 Å². The Morgan fingerprint density at radius 3 is 2.67 bits per heavy atom. The molecule has 0 saturated carbocycles. The Labute approximate surface area is 110 Å². The molecular weight excluding hydrogens is 224 g/mol. The van der Waals surface area contributed by atoms with Gasteiger partial charge in [-0.1, -0.05) is 12.1 Å². The molecule has 1 aliphatic heterocycles. The van der Waals surface area contributed by atoms with Gasteiger partial charge in [-0.05, 0) is 38.5 Å². The lowest BCUT2D eigenvalue weighted by Crippen LogP contribution is -2.46. The Bertz CT molecular complexity index is 371. The number of hydrogen-bond donors (Lipinski definition) is 1.